The van der Waals surface area contributed by atoms with Crippen molar-refractivity contribution in [1.82, 2.24) is 0 Å². The van der Waals surface area contributed by atoms with Crippen LogP contribution in [-0.4, -0.2) is 31.6 Å². The number of fused-ring (bicyclic) bond motifs is 1. The van der Waals surface area contributed by atoms with Crippen LogP contribution in [0.25, 0.3) is 0 Å². The van der Waals surface area contributed by atoms with Crippen molar-refractivity contribution in [2.45, 2.75) is 13.8 Å². The monoisotopic (exact) mass is 250 g/mol. The van der Waals surface area contributed by atoms with Crippen LogP contribution in [0, 0.1) is 6.92 Å². The van der Waals surface area contributed by atoms with Crippen molar-refractivity contribution < 1.29 is 23.8 Å². The number of Topliss-reactive ketones (excluding diaryl/α,β-unsaturated/α-hetero) is 1. The van der Waals surface area contributed by atoms with Gasteiger partial charge in [0, 0.05) is 0 Å². The number of carbonyl (C=O) groups excluding carboxylic acids is 2. The van der Waals surface area contributed by atoms with Crippen LogP contribution in [-0.2, 0) is 9.53 Å². The second-order valence-electron chi connectivity index (χ2n) is 3.83. The average Bonchev–Trinajstić information content (AvgIpc) is 2.39. The second kappa shape index (κ2) is 5.08. The zero-order valence-corrected chi connectivity index (χ0v) is 10.3. The highest BCUT2D eigenvalue weighted by atomic mass is 16.6. The third-order valence-electron chi connectivity index (χ3n) is 2.59. The van der Waals surface area contributed by atoms with E-state index in [1.54, 1.807) is 19.1 Å². The Morgan fingerprint density at radius 3 is 2.56 bits per heavy atom. The zero-order valence-electron chi connectivity index (χ0n) is 10.3. The van der Waals surface area contributed by atoms with Crippen molar-refractivity contribution in [3.63, 3.8) is 0 Å². The van der Waals surface area contributed by atoms with E-state index in [0.29, 0.717) is 24.7 Å². The maximum absolute atomic E-state index is 11.9. The molecule has 0 atom stereocenters. The third-order valence-corrected chi connectivity index (χ3v) is 2.59. The van der Waals surface area contributed by atoms with Crippen LogP contribution in [0.3, 0.4) is 0 Å². The Morgan fingerprint density at radius 2 is 1.89 bits per heavy atom. The van der Waals surface area contributed by atoms with Crippen molar-refractivity contribution in [1.29, 1.82) is 0 Å². The minimum absolute atomic E-state index is 0.163. The minimum Gasteiger partial charge on any atom is -0.486 e. The normalized spacial score (nSPS) is 13.0. The molecule has 0 radical (unpaired) electrons. The summed E-state index contributed by atoms with van der Waals surface area (Å²) in [5, 5.41) is 0. The van der Waals surface area contributed by atoms with Gasteiger partial charge in [0.25, 0.3) is 5.78 Å². The second-order valence-corrected chi connectivity index (χ2v) is 3.83. The quantitative estimate of drug-likeness (QED) is 0.462. The first-order chi connectivity index (χ1) is 8.65. The molecule has 1 aliphatic rings. The summed E-state index contributed by atoms with van der Waals surface area (Å²) in [4.78, 5) is 23.4. The number of rotatable bonds is 3. The van der Waals surface area contributed by atoms with Gasteiger partial charge in [-0.2, -0.15) is 0 Å². The highest BCUT2D eigenvalue weighted by Crippen LogP contribution is 2.37. The molecule has 1 heterocycles. The molecule has 96 valence electrons. The van der Waals surface area contributed by atoms with Crippen molar-refractivity contribution in [2.75, 3.05) is 19.8 Å². The molecule has 1 aliphatic heterocycles. The molecule has 1 aromatic carbocycles. The van der Waals surface area contributed by atoms with Gasteiger partial charge in [-0.15, -0.1) is 0 Å². The number of carbonyl (C=O) groups is 2. The summed E-state index contributed by atoms with van der Waals surface area (Å²) in [6.07, 6.45) is 0. The molecular formula is C13H14O5. The van der Waals surface area contributed by atoms with Crippen LogP contribution < -0.4 is 9.47 Å². The molecule has 0 bridgehead atoms. The summed E-state index contributed by atoms with van der Waals surface area (Å²) in [5.74, 6) is -0.730. The predicted octanol–water partition coefficient (Wildman–Crippen LogP) is 1.51. The molecule has 0 spiro atoms. The molecule has 18 heavy (non-hydrogen) atoms. The Balaban J connectivity index is 2.39. The van der Waals surface area contributed by atoms with E-state index in [2.05, 4.69) is 0 Å². The van der Waals surface area contributed by atoms with E-state index in [-0.39, 0.29) is 12.2 Å². The predicted molar refractivity (Wildman–Crippen MR) is 63.1 cm³/mol. The summed E-state index contributed by atoms with van der Waals surface area (Å²) in [6, 6.07) is 3.28. The van der Waals surface area contributed by atoms with Gasteiger partial charge in [0.05, 0.1) is 12.2 Å². The molecule has 0 aromatic heterocycles. The van der Waals surface area contributed by atoms with E-state index in [4.69, 9.17) is 14.2 Å². The van der Waals surface area contributed by atoms with Gasteiger partial charge in [-0.05, 0) is 25.5 Å². The zero-order chi connectivity index (χ0) is 13.1. The molecule has 0 saturated carbocycles. The summed E-state index contributed by atoms with van der Waals surface area (Å²) in [6.45, 7) is 4.46. The fraction of sp³-hybridized carbons (Fsp3) is 0.385. The van der Waals surface area contributed by atoms with Crippen molar-refractivity contribution in [3.05, 3.63) is 23.3 Å². The molecule has 0 aliphatic carbocycles. The summed E-state index contributed by atoms with van der Waals surface area (Å²) >= 11 is 0. The maximum Gasteiger partial charge on any atom is 0.379 e. The Hall–Kier alpha value is -2.04. The number of hydrogen-bond acceptors (Lipinski definition) is 5. The van der Waals surface area contributed by atoms with Gasteiger partial charge in [0.1, 0.15) is 13.2 Å². The van der Waals surface area contributed by atoms with Crippen LogP contribution in [0.4, 0.5) is 0 Å². The van der Waals surface area contributed by atoms with Gasteiger partial charge in [0.15, 0.2) is 11.5 Å². The van der Waals surface area contributed by atoms with E-state index in [9.17, 15) is 9.59 Å². The summed E-state index contributed by atoms with van der Waals surface area (Å²) < 4.78 is 15.6. The first-order valence-electron chi connectivity index (χ1n) is 5.75. The number of aryl methyl sites for hydroxylation is 1. The van der Waals surface area contributed by atoms with Gasteiger partial charge < -0.3 is 14.2 Å². The number of ketones is 1. The minimum atomic E-state index is -0.877. The summed E-state index contributed by atoms with van der Waals surface area (Å²) in [7, 11) is 0. The number of esters is 1. The lowest BCUT2D eigenvalue weighted by Gasteiger charge is -2.21. The van der Waals surface area contributed by atoms with Crippen LogP contribution in [0.15, 0.2) is 12.1 Å². The molecule has 1 aromatic rings. The van der Waals surface area contributed by atoms with Crippen LogP contribution >= 0.6 is 0 Å². The molecular weight excluding hydrogens is 236 g/mol. The average molecular weight is 250 g/mol. The van der Waals surface area contributed by atoms with Gasteiger partial charge in [-0.25, -0.2) is 4.79 Å². The Labute approximate surface area is 105 Å². The Morgan fingerprint density at radius 1 is 1.22 bits per heavy atom. The topological polar surface area (TPSA) is 61.8 Å². The Bertz CT molecular complexity index is 492. The number of ether oxygens (including phenoxy) is 3. The van der Waals surface area contributed by atoms with Crippen molar-refractivity contribution >= 4 is 11.8 Å². The van der Waals surface area contributed by atoms with Crippen LogP contribution in [0.5, 0.6) is 11.5 Å². The van der Waals surface area contributed by atoms with E-state index in [1.807, 2.05) is 6.92 Å². The first kappa shape index (κ1) is 12.4. The Kier molecular flexibility index (Phi) is 3.50. The fourth-order valence-corrected chi connectivity index (χ4v) is 1.76. The van der Waals surface area contributed by atoms with E-state index >= 15 is 0 Å². The first-order valence-corrected chi connectivity index (χ1v) is 5.75. The highest BCUT2D eigenvalue weighted by Gasteiger charge is 2.27. The van der Waals surface area contributed by atoms with E-state index in [0.717, 1.165) is 5.56 Å². The molecule has 0 N–H and O–H groups in total. The lowest BCUT2D eigenvalue weighted by atomic mass is 10.1. The van der Waals surface area contributed by atoms with Gasteiger partial charge in [-0.1, -0.05) is 6.07 Å². The number of hydrogen-bond donors (Lipinski definition) is 0. The van der Waals surface area contributed by atoms with Crippen LogP contribution in [0.1, 0.15) is 22.8 Å². The van der Waals surface area contributed by atoms with Crippen LogP contribution in [0.2, 0.25) is 0 Å². The molecule has 5 heteroatoms. The molecule has 2 rings (SSSR count). The maximum atomic E-state index is 11.9. The van der Waals surface area contributed by atoms with Crippen molar-refractivity contribution in [3.8, 4) is 11.5 Å². The smallest absolute Gasteiger partial charge is 0.379 e. The molecule has 5 nitrogen and oxygen atoms in total. The molecule has 0 saturated heterocycles. The SMILES string of the molecule is CCOC(=O)C(=O)c1ccc(C)c2c1OCCO2. The third kappa shape index (κ3) is 2.16. The van der Waals surface area contributed by atoms with E-state index < -0.39 is 11.8 Å². The molecule has 0 unspecified atom stereocenters. The molecule has 0 fully saturated rings. The van der Waals surface area contributed by atoms with Gasteiger partial charge in [-0.3, -0.25) is 4.79 Å². The standard InChI is InChI=1S/C13H14O5/c1-3-16-13(15)10(14)9-5-4-8(2)11-12(9)18-7-6-17-11/h4-5H,3,6-7H2,1-2H3. The lowest BCUT2D eigenvalue weighted by molar-refractivity contribution is -0.137. The highest BCUT2D eigenvalue weighted by molar-refractivity contribution is 6.41. The summed E-state index contributed by atoms with van der Waals surface area (Å²) in [5.41, 5.74) is 1.05. The largest absolute Gasteiger partial charge is 0.486 e. The van der Waals surface area contributed by atoms with Gasteiger partial charge >= 0.3 is 5.97 Å². The van der Waals surface area contributed by atoms with E-state index in [1.165, 1.54) is 0 Å². The van der Waals surface area contributed by atoms with Crippen molar-refractivity contribution in [2.24, 2.45) is 0 Å². The fourth-order valence-electron chi connectivity index (χ4n) is 1.76. The number of benzene rings is 1. The lowest BCUT2D eigenvalue weighted by Crippen LogP contribution is -2.22. The van der Waals surface area contributed by atoms with Gasteiger partial charge in [0.2, 0.25) is 0 Å². The molecule has 0 amide bonds.